The third kappa shape index (κ3) is 6.71. The van der Waals surface area contributed by atoms with E-state index >= 15 is 0 Å². The number of carbonyl (C=O) groups excluding carboxylic acids is 1. The van der Waals surface area contributed by atoms with E-state index in [2.05, 4.69) is 5.32 Å². The van der Waals surface area contributed by atoms with E-state index in [0.717, 1.165) is 31.1 Å². The van der Waals surface area contributed by atoms with Gasteiger partial charge in [-0.15, -0.1) is 0 Å². The number of nitrogens with zero attached hydrogens (tertiary/aromatic N) is 2. The smallest absolute Gasteiger partial charge is 0.258 e. The standard InChI is InChI=1S/C23H31N3O6S2/c1-3-26(33(2,28)29)20-9-11-21(12-10-20)32-18-23(27)24-17-19-7-13-22(14-8-19)34(30,31)25-15-5-4-6-16-25/h7-14H,3-6,15-18H2,1-2H3,(H,24,27). The molecule has 1 amide bonds. The van der Waals surface area contributed by atoms with E-state index in [4.69, 9.17) is 4.74 Å². The molecule has 11 heteroatoms. The molecule has 1 heterocycles. The van der Waals surface area contributed by atoms with Crippen molar-refractivity contribution in [2.24, 2.45) is 0 Å². The van der Waals surface area contributed by atoms with Gasteiger partial charge in [-0.3, -0.25) is 9.10 Å². The molecule has 0 spiro atoms. The van der Waals surface area contributed by atoms with Gasteiger partial charge in [0, 0.05) is 26.2 Å². The topological polar surface area (TPSA) is 113 Å². The summed E-state index contributed by atoms with van der Waals surface area (Å²) in [6.45, 7) is 3.20. The predicted octanol–water partition coefficient (Wildman–Crippen LogP) is 2.34. The number of sulfonamides is 2. The highest BCUT2D eigenvalue weighted by molar-refractivity contribution is 7.92. The van der Waals surface area contributed by atoms with Crippen molar-refractivity contribution in [2.75, 3.05) is 36.8 Å². The fraction of sp³-hybridized carbons (Fsp3) is 0.435. The van der Waals surface area contributed by atoms with Gasteiger partial charge in [0.1, 0.15) is 5.75 Å². The van der Waals surface area contributed by atoms with Crippen molar-refractivity contribution in [2.45, 2.75) is 37.6 Å². The van der Waals surface area contributed by atoms with Crippen molar-refractivity contribution in [1.82, 2.24) is 9.62 Å². The molecule has 1 saturated heterocycles. The molecule has 0 radical (unpaired) electrons. The first kappa shape index (κ1) is 26.0. The maximum absolute atomic E-state index is 12.7. The van der Waals surface area contributed by atoms with Crippen molar-refractivity contribution < 1.29 is 26.4 Å². The molecule has 0 unspecified atom stereocenters. The molecule has 2 aromatic carbocycles. The fourth-order valence-corrected chi connectivity index (χ4v) is 6.24. The molecular weight excluding hydrogens is 478 g/mol. The van der Waals surface area contributed by atoms with Crippen LogP contribution < -0.4 is 14.4 Å². The monoisotopic (exact) mass is 509 g/mol. The Morgan fingerprint density at radius 3 is 2.15 bits per heavy atom. The number of hydrogen-bond acceptors (Lipinski definition) is 6. The van der Waals surface area contributed by atoms with E-state index in [1.165, 1.54) is 8.61 Å². The zero-order chi connectivity index (χ0) is 24.8. The van der Waals surface area contributed by atoms with Crippen LogP contribution in [0, 0.1) is 0 Å². The number of ether oxygens (including phenoxy) is 1. The maximum Gasteiger partial charge on any atom is 0.258 e. The molecule has 34 heavy (non-hydrogen) atoms. The van der Waals surface area contributed by atoms with Crippen LogP contribution in [0.3, 0.4) is 0 Å². The van der Waals surface area contributed by atoms with Crippen LogP contribution in [-0.2, 0) is 31.4 Å². The molecule has 0 bridgehead atoms. The van der Waals surface area contributed by atoms with Gasteiger partial charge < -0.3 is 10.1 Å². The van der Waals surface area contributed by atoms with E-state index in [1.807, 2.05) is 0 Å². The summed E-state index contributed by atoms with van der Waals surface area (Å²) in [7, 11) is -6.84. The van der Waals surface area contributed by atoms with Gasteiger partial charge >= 0.3 is 0 Å². The lowest BCUT2D eigenvalue weighted by Gasteiger charge is -2.25. The van der Waals surface area contributed by atoms with Crippen LogP contribution in [0.1, 0.15) is 31.7 Å². The van der Waals surface area contributed by atoms with Crippen LogP contribution in [0.25, 0.3) is 0 Å². The zero-order valence-electron chi connectivity index (χ0n) is 19.4. The average Bonchev–Trinajstić information content (AvgIpc) is 2.82. The Balaban J connectivity index is 1.49. The van der Waals surface area contributed by atoms with E-state index in [-0.39, 0.29) is 24.0 Å². The summed E-state index contributed by atoms with van der Waals surface area (Å²) in [6, 6.07) is 13.0. The van der Waals surface area contributed by atoms with Crippen molar-refractivity contribution in [3.8, 4) is 5.75 Å². The number of benzene rings is 2. The quantitative estimate of drug-likeness (QED) is 0.526. The number of carbonyl (C=O) groups is 1. The summed E-state index contributed by atoms with van der Waals surface area (Å²) in [4.78, 5) is 12.4. The van der Waals surface area contributed by atoms with Crippen molar-refractivity contribution in [3.05, 3.63) is 54.1 Å². The van der Waals surface area contributed by atoms with Gasteiger partial charge in [0.25, 0.3) is 5.91 Å². The van der Waals surface area contributed by atoms with Gasteiger partial charge in [0.05, 0.1) is 16.8 Å². The highest BCUT2D eigenvalue weighted by Gasteiger charge is 2.25. The number of nitrogens with one attached hydrogen (secondary N) is 1. The molecule has 3 rings (SSSR count). The number of anilines is 1. The molecule has 1 aliphatic heterocycles. The van der Waals surface area contributed by atoms with Crippen molar-refractivity contribution in [3.63, 3.8) is 0 Å². The first-order chi connectivity index (χ1) is 16.1. The molecule has 9 nitrogen and oxygen atoms in total. The summed E-state index contributed by atoms with van der Waals surface area (Å²) in [5.41, 5.74) is 1.29. The summed E-state index contributed by atoms with van der Waals surface area (Å²) < 4.78 is 57.3. The predicted molar refractivity (Wildman–Crippen MR) is 131 cm³/mol. The van der Waals surface area contributed by atoms with Crippen LogP contribution in [0.5, 0.6) is 5.75 Å². The average molecular weight is 510 g/mol. The van der Waals surface area contributed by atoms with Crippen LogP contribution >= 0.6 is 0 Å². The number of hydrogen-bond donors (Lipinski definition) is 1. The van der Waals surface area contributed by atoms with Gasteiger partial charge in [-0.1, -0.05) is 18.6 Å². The van der Waals surface area contributed by atoms with E-state index in [9.17, 15) is 21.6 Å². The van der Waals surface area contributed by atoms with Gasteiger partial charge in [-0.2, -0.15) is 4.31 Å². The van der Waals surface area contributed by atoms with Crippen LogP contribution in [0.4, 0.5) is 5.69 Å². The fourth-order valence-electron chi connectivity index (χ4n) is 3.75. The van der Waals surface area contributed by atoms with E-state index in [1.54, 1.807) is 55.5 Å². The SMILES string of the molecule is CCN(c1ccc(OCC(=O)NCc2ccc(S(=O)(=O)N3CCCCC3)cc2)cc1)S(C)(=O)=O. The highest BCUT2D eigenvalue weighted by Crippen LogP contribution is 2.22. The summed E-state index contributed by atoms with van der Waals surface area (Å²) in [6.07, 6.45) is 3.97. The molecule has 1 fully saturated rings. The van der Waals surface area contributed by atoms with Crippen LogP contribution in [0.2, 0.25) is 0 Å². The molecule has 0 atom stereocenters. The minimum atomic E-state index is -3.48. The largest absolute Gasteiger partial charge is 0.484 e. The minimum Gasteiger partial charge on any atom is -0.484 e. The van der Waals surface area contributed by atoms with E-state index in [0.29, 0.717) is 31.1 Å². The molecule has 1 N–H and O–H groups in total. The van der Waals surface area contributed by atoms with Gasteiger partial charge in [0.2, 0.25) is 20.0 Å². The highest BCUT2D eigenvalue weighted by atomic mass is 32.2. The van der Waals surface area contributed by atoms with Crippen molar-refractivity contribution in [1.29, 1.82) is 0 Å². The van der Waals surface area contributed by atoms with Gasteiger partial charge in [-0.05, 0) is 61.7 Å². The number of rotatable bonds is 10. The van der Waals surface area contributed by atoms with Gasteiger partial charge in [0.15, 0.2) is 6.61 Å². The van der Waals surface area contributed by atoms with Crippen LogP contribution in [0.15, 0.2) is 53.4 Å². The second-order valence-electron chi connectivity index (χ2n) is 8.10. The normalized spacial score (nSPS) is 15.0. The molecular formula is C23H31N3O6S2. The lowest BCUT2D eigenvalue weighted by Crippen LogP contribution is -2.35. The molecule has 0 aromatic heterocycles. The Labute approximate surface area is 201 Å². The first-order valence-corrected chi connectivity index (χ1v) is 14.5. The Morgan fingerprint density at radius 1 is 0.971 bits per heavy atom. The second-order valence-corrected chi connectivity index (χ2v) is 11.9. The third-order valence-electron chi connectivity index (χ3n) is 5.55. The lowest BCUT2D eigenvalue weighted by molar-refractivity contribution is -0.123. The first-order valence-electron chi connectivity index (χ1n) is 11.2. The molecule has 186 valence electrons. The Morgan fingerprint density at radius 2 is 1.59 bits per heavy atom. The lowest BCUT2D eigenvalue weighted by atomic mass is 10.2. The zero-order valence-corrected chi connectivity index (χ0v) is 21.1. The van der Waals surface area contributed by atoms with Crippen molar-refractivity contribution >= 4 is 31.6 Å². The Bertz CT molecular complexity index is 1170. The summed E-state index contributed by atoms with van der Waals surface area (Å²) in [5.74, 6) is 0.108. The summed E-state index contributed by atoms with van der Waals surface area (Å²) in [5, 5.41) is 2.74. The number of amides is 1. The number of piperidine rings is 1. The second kappa shape index (κ2) is 11.2. The van der Waals surface area contributed by atoms with Crippen LogP contribution in [-0.4, -0.2) is 59.5 Å². The molecule has 2 aromatic rings. The van der Waals surface area contributed by atoms with E-state index < -0.39 is 20.0 Å². The Hall–Kier alpha value is -2.63. The third-order valence-corrected chi connectivity index (χ3v) is 8.73. The van der Waals surface area contributed by atoms with Gasteiger partial charge in [-0.25, -0.2) is 16.8 Å². The molecule has 1 aliphatic rings. The summed E-state index contributed by atoms with van der Waals surface area (Å²) >= 11 is 0. The molecule has 0 aliphatic carbocycles. The molecule has 0 saturated carbocycles. The minimum absolute atomic E-state index is 0.204. The Kier molecular flexibility index (Phi) is 8.56. The maximum atomic E-state index is 12.7.